The molecule has 0 saturated carbocycles. The summed E-state index contributed by atoms with van der Waals surface area (Å²) >= 11 is 0. The van der Waals surface area contributed by atoms with Crippen molar-refractivity contribution in [2.75, 3.05) is 6.61 Å². The highest BCUT2D eigenvalue weighted by molar-refractivity contribution is 6.05. The van der Waals surface area contributed by atoms with E-state index in [-0.39, 0.29) is 5.69 Å². The van der Waals surface area contributed by atoms with Gasteiger partial charge in [0, 0.05) is 16.8 Å². The summed E-state index contributed by atoms with van der Waals surface area (Å²) in [6.07, 6.45) is -0.732. The van der Waals surface area contributed by atoms with E-state index in [9.17, 15) is 19.5 Å². The molecule has 7 nitrogen and oxygen atoms in total. The molecule has 2 rings (SSSR count). The molecule has 1 atom stereocenters. The smallest absolute Gasteiger partial charge is 0.355 e. The van der Waals surface area contributed by atoms with Crippen molar-refractivity contribution in [3.63, 3.8) is 0 Å². The predicted octanol–water partition coefficient (Wildman–Crippen LogP) is 1.80. The second-order valence-corrected chi connectivity index (χ2v) is 5.66. The highest BCUT2D eigenvalue weighted by Crippen LogP contribution is 2.24. The fraction of sp³-hybridized carbons (Fsp3) is 0.278. The molecule has 1 aromatic heterocycles. The minimum absolute atomic E-state index is 0.176. The Labute approximate surface area is 145 Å². The average Bonchev–Trinajstić information content (AvgIpc) is 2.88. The molecule has 0 aliphatic rings. The number of esters is 1. The van der Waals surface area contributed by atoms with Crippen molar-refractivity contribution in [2.45, 2.75) is 26.9 Å². The van der Waals surface area contributed by atoms with Gasteiger partial charge in [0.25, 0.3) is 11.8 Å². The van der Waals surface area contributed by atoms with Gasteiger partial charge in [-0.1, -0.05) is 18.2 Å². The van der Waals surface area contributed by atoms with Crippen LogP contribution < -0.4 is 5.32 Å². The highest BCUT2D eigenvalue weighted by atomic mass is 16.5. The average molecular weight is 344 g/mol. The number of aryl methyl sites for hydroxylation is 1. The van der Waals surface area contributed by atoms with Crippen molar-refractivity contribution >= 4 is 17.8 Å². The van der Waals surface area contributed by atoms with Crippen molar-refractivity contribution in [1.82, 2.24) is 10.3 Å². The van der Waals surface area contributed by atoms with Gasteiger partial charge < -0.3 is 14.8 Å². The lowest BCUT2D eigenvalue weighted by Gasteiger charge is -2.07. The van der Waals surface area contributed by atoms with E-state index < -0.39 is 30.5 Å². The molecule has 25 heavy (non-hydrogen) atoms. The summed E-state index contributed by atoms with van der Waals surface area (Å²) in [6, 6.07) is 8.24. The van der Waals surface area contributed by atoms with E-state index in [4.69, 9.17) is 4.74 Å². The first kappa shape index (κ1) is 18.4. The molecular weight excluding hydrogens is 324 g/mol. The zero-order valence-electron chi connectivity index (χ0n) is 14.3. The molecule has 0 aliphatic carbocycles. The Morgan fingerprint density at radius 2 is 1.84 bits per heavy atom. The van der Waals surface area contributed by atoms with Crippen LogP contribution in [-0.4, -0.2) is 34.5 Å². The summed E-state index contributed by atoms with van der Waals surface area (Å²) in [5.41, 5.74) is 2.35. The standard InChI is InChI=1S/C18H20N2O5/c1-10-15(12(3)21)11(2)19-16(10)18(24)25-9-14(22)20-17(23)13-7-5-4-6-8-13/h4-8,12,19,21H,9H2,1-3H3,(H,20,22,23)/t12-/m1/s1. The van der Waals surface area contributed by atoms with E-state index in [1.54, 1.807) is 51.1 Å². The maximum Gasteiger partial charge on any atom is 0.355 e. The third kappa shape index (κ3) is 4.33. The zero-order chi connectivity index (χ0) is 18.6. The highest BCUT2D eigenvalue weighted by Gasteiger charge is 2.22. The maximum atomic E-state index is 12.1. The summed E-state index contributed by atoms with van der Waals surface area (Å²) in [5, 5.41) is 11.9. The first-order chi connectivity index (χ1) is 11.8. The van der Waals surface area contributed by atoms with Crippen molar-refractivity contribution in [3.8, 4) is 0 Å². The van der Waals surface area contributed by atoms with Crippen LogP contribution in [0.1, 0.15) is 50.7 Å². The number of hydrogen-bond donors (Lipinski definition) is 3. The third-order valence-corrected chi connectivity index (χ3v) is 3.74. The molecule has 2 amide bonds. The van der Waals surface area contributed by atoms with Crippen LogP contribution >= 0.6 is 0 Å². The third-order valence-electron chi connectivity index (χ3n) is 3.74. The van der Waals surface area contributed by atoms with Gasteiger partial charge in [0.15, 0.2) is 6.61 Å². The first-order valence-electron chi connectivity index (χ1n) is 7.74. The topological polar surface area (TPSA) is 108 Å². The lowest BCUT2D eigenvalue weighted by molar-refractivity contribution is -0.123. The lowest BCUT2D eigenvalue weighted by atomic mass is 10.1. The van der Waals surface area contributed by atoms with Crippen LogP contribution in [0.2, 0.25) is 0 Å². The number of aliphatic hydroxyl groups excluding tert-OH is 1. The molecule has 3 N–H and O–H groups in total. The number of ether oxygens (including phenoxy) is 1. The summed E-state index contributed by atoms with van der Waals surface area (Å²) in [4.78, 5) is 38.6. The molecule has 2 aromatic rings. The molecule has 0 bridgehead atoms. The number of benzene rings is 1. The van der Waals surface area contributed by atoms with E-state index in [1.807, 2.05) is 0 Å². The SMILES string of the molecule is Cc1[nH]c(C(=O)OCC(=O)NC(=O)c2ccccc2)c(C)c1[C@@H](C)O. The van der Waals surface area contributed by atoms with Crippen molar-refractivity contribution < 1.29 is 24.2 Å². The quantitative estimate of drug-likeness (QED) is 0.717. The normalized spacial score (nSPS) is 11.7. The molecule has 0 saturated heterocycles. The number of hydrogen-bond acceptors (Lipinski definition) is 5. The predicted molar refractivity (Wildman–Crippen MR) is 90.1 cm³/mol. The van der Waals surface area contributed by atoms with Crippen LogP contribution in [0.5, 0.6) is 0 Å². The van der Waals surface area contributed by atoms with Crippen molar-refractivity contribution in [2.24, 2.45) is 0 Å². The fourth-order valence-electron chi connectivity index (χ4n) is 2.62. The summed E-state index contributed by atoms with van der Waals surface area (Å²) in [6.45, 7) is 4.43. The van der Waals surface area contributed by atoms with Gasteiger partial charge in [-0.05, 0) is 38.5 Å². The van der Waals surface area contributed by atoms with E-state index >= 15 is 0 Å². The number of aromatic nitrogens is 1. The Kier molecular flexibility index (Phi) is 5.71. The number of imide groups is 1. The van der Waals surface area contributed by atoms with Crippen LogP contribution in [0, 0.1) is 13.8 Å². The van der Waals surface area contributed by atoms with Crippen LogP contribution in [0.15, 0.2) is 30.3 Å². The van der Waals surface area contributed by atoms with Crippen LogP contribution in [0.4, 0.5) is 0 Å². The number of aliphatic hydroxyl groups is 1. The molecule has 0 spiro atoms. The minimum atomic E-state index is -0.732. The molecule has 1 aromatic carbocycles. The van der Waals surface area contributed by atoms with Gasteiger partial charge in [0.2, 0.25) is 0 Å². The molecule has 0 aliphatic heterocycles. The number of carbonyl (C=O) groups is 3. The molecule has 0 fully saturated rings. The van der Waals surface area contributed by atoms with E-state index in [2.05, 4.69) is 10.3 Å². The largest absolute Gasteiger partial charge is 0.451 e. The van der Waals surface area contributed by atoms with Gasteiger partial charge in [-0.15, -0.1) is 0 Å². The van der Waals surface area contributed by atoms with Crippen molar-refractivity contribution in [3.05, 3.63) is 58.4 Å². The Morgan fingerprint density at radius 3 is 2.40 bits per heavy atom. The molecule has 132 valence electrons. The summed E-state index contributed by atoms with van der Waals surface area (Å²) in [7, 11) is 0. The fourth-order valence-corrected chi connectivity index (χ4v) is 2.62. The van der Waals surface area contributed by atoms with E-state index in [1.165, 1.54) is 0 Å². The zero-order valence-corrected chi connectivity index (χ0v) is 14.3. The second-order valence-electron chi connectivity index (χ2n) is 5.66. The number of carbonyl (C=O) groups excluding carboxylic acids is 3. The van der Waals surface area contributed by atoms with Gasteiger partial charge in [-0.3, -0.25) is 14.9 Å². The molecule has 0 unspecified atom stereocenters. The molecular formula is C18H20N2O5. The van der Waals surface area contributed by atoms with Gasteiger partial charge >= 0.3 is 5.97 Å². The second kappa shape index (κ2) is 7.76. The van der Waals surface area contributed by atoms with Gasteiger partial charge in [-0.2, -0.15) is 0 Å². The Hall–Kier alpha value is -2.93. The number of rotatable bonds is 5. The summed E-state index contributed by atoms with van der Waals surface area (Å²) in [5.74, 6) is -2.02. The Morgan fingerprint density at radius 1 is 1.20 bits per heavy atom. The number of H-pyrrole nitrogens is 1. The number of amides is 2. The van der Waals surface area contributed by atoms with Gasteiger partial charge in [0.1, 0.15) is 5.69 Å². The van der Waals surface area contributed by atoms with Crippen molar-refractivity contribution in [1.29, 1.82) is 0 Å². The van der Waals surface area contributed by atoms with Gasteiger partial charge in [0.05, 0.1) is 6.10 Å². The first-order valence-corrected chi connectivity index (χ1v) is 7.74. The van der Waals surface area contributed by atoms with E-state index in [0.717, 1.165) is 0 Å². The minimum Gasteiger partial charge on any atom is -0.451 e. The van der Waals surface area contributed by atoms with E-state index in [0.29, 0.717) is 22.4 Å². The Bertz CT molecular complexity index is 793. The number of aromatic amines is 1. The van der Waals surface area contributed by atoms with Crippen LogP contribution in [0.3, 0.4) is 0 Å². The molecule has 0 radical (unpaired) electrons. The maximum absolute atomic E-state index is 12.1. The monoisotopic (exact) mass is 344 g/mol. The lowest BCUT2D eigenvalue weighted by Crippen LogP contribution is -2.34. The summed E-state index contributed by atoms with van der Waals surface area (Å²) < 4.78 is 4.94. The van der Waals surface area contributed by atoms with Crippen LogP contribution in [0.25, 0.3) is 0 Å². The Balaban J connectivity index is 1.95. The van der Waals surface area contributed by atoms with Gasteiger partial charge in [-0.25, -0.2) is 4.79 Å². The molecule has 7 heteroatoms. The van der Waals surface area contributed by atoms with Crippen LogP contribution in [-0.2, 0) is 9.53 Å². The molecule has 1 heterocycles. The number of nitrogens with one attached hydrogen (secondary N) is 2.